The SMILES string of the molecule is CCOC(=O)C1CCCN(c2c([N+](=O)[O-])cc(C(=O)O)cc2[N+](=O)[O-])C1. The molecule has 1 atom stereocenters. The van der Waals surface area contributed by atoms with Crippen LogP contribution in [0.3, 0.4) is 0 Å². The van der Waals surface area contributed by atoms with Crippen molar-refractivity contribution in [3.63, 3.8) is 0 Å². The van der Waals surface area contributed by atoms with Crippen LogP contribution in [0.2, 0.25) is 0 Å². The summed E-state index contributed by atoms with van der Waals surface area (Å²) in [7, 11) is 0. The highest BCUT2D eigenvalue weighted by Crippen LogP contribution is 2.40. The van der Waals surface area contributed by atoms with Crippen LogP contribution in [0.15, 0.2) is 12.1 Å². The Morgan fingerprint density at radius 3 is 2.31 bits per heavy atom. The van der Waals surface area contributed by atoms with E-state index >= 15 is 0 Å². The van der Waals surface area contributed by atoms with Gasteiger partial charge in [0.15, 0.2) is 5.69 Å². The van der Waals surface area contributed by atoms with E-state index in [1.807, 2.05) is 0 Å². The second-order valence-corrected chi connectivity index (χ2v) is 5.72. The Balaban J connectivity index is 2.52. The fraction of sp³-hybridized carbons (Fsp3) is 0.467. The summed E-state index contributed by atoms with van der Waals surface area (Å²) in [6, 6.07) is 1.58. The van der Waals surface area contributed by atoms with E-state index in [4.69, 9.17) is 9.84 Å². The number of anilines is 1. The van der Waals surface area contributed by atoms with Crippen LogP contribution in [0, 0.1) is 26.1 Å². The van der Waals surface area contributed by atoms with Crippen LogP contribution in [0.25, 0.3) is 0 Å². The van der Waals surface area contributed by atoms with Gasteiger partial charge in [-0.1, -0.05) is 0 Å². The molecule has 2 rings (SSSR count). The molecule has 1 unspecified atom stereocenters. The first kappa shape index (κ1) is 19.1. The van der Waals surface area contributed by atoms with Gasteiger partial charge in [0, 0.05) is 25.2 Å². The largest absolute Gasteiger partial charge is 0.478 e. The van der Waals surface area contributed by atoms with Crippen LogP contribution in [0.1, 0.15) is 30.1 Å². The van der Waals surface area contributed by atoms with Crippen LogP contribution in [0.4, 0.5) is 17.1 Å². The normalized spacial score (nSPS) is 16.8. The Kier molecular flexibility index (Phi) is 5.70. The van der Waals surface area contributed by atoms with Crippen LogP contribution in [0.5, 0.6) is 0 Å². The summed E-state index contributed by atoms with van der Waals surface area (Å²) in [6.07, 6.45) is 0.989. The van der Waals surface area contributed by atoms with Gasteiger partial charge < -0.3 is 14.7 Å². The van der Waals surface area contributed by atoms with Crippen molar-refractivity contribution in [2.24, 2.45) is 5.92 Å². The van der Waals surface area contributed by atoms with Gasteiger partial charge in [-0.3, -0.25) is 25.0 Å². The number of nitro groups is 2. The highest BCUT2D eigenvalue weighted by molar-refractivity contribution is 5.92. The predicted molar refractivity (Wildman–Crippen MR) is 88.3 cm³/mol. The summed E-state index contributed by atoms with van der Waals surface area (Å²) in [5, 5.41) is 31.9. The number of hydrogen-bond donors (Lipinski definition) is 1. The number of hydrogen-bond acceptors (Lipinski definition) is 8. The van der Waals surface area contributed by atoms with Crippen molar-refractivity contribution in [2.75, 3.05) is 24.6 Å². The summed E-state index contributed by atoms with van der Waals surface area (Å²) in [6.45, 7) is 2.12. The molecule has 11 heteroatoms. The maximum atomic E-state index is 12.0. The fourth-order valence-corrected chi connectivity index (χ4v) is 2.96. The lowest BCUT2D eigenvalue weighted by atomic mass is 9.97. The van der Waals surface area contributed by atoms with Gasteiger partial charge in [-0.25, -0.2) is 4.79 Å². The van der Waals surface area contributed by atoms with E-state index in [1.54, 1.807) is 6.92 Å². The Morgan fingerprint density at radius 1 is 1.27 bits per heavy atom. The number of carbonyl (C=O) groups excluding carboxylic acids is 1. The Morgan fingerprint density at radius 2 is 1.85 bits per heavy atom. The van der Waals surface area contributed by atoms with Crippen LogP contribution in [-0.2, 0) is 9.53 Å². The van der Waals surface area contributed by atoms with Crippen molar-refractivity contribution >= 4 is 29.0 Å². The highest BCUT2D eigenvalue weighted by atomic mass is 16.6. The molecule has 11 nitrogen and oxygen atoms in total. The summed E-state index contributed by atoms with van der Waals surface area (Å²) in [4.78, 5) is 45.6. The van der Waals surface area contributed by atoms with E-state index in [0.717, 1.165) is 12.1 Å². The van der Waals surface area contributed by atoms with E-state index < -0.39 is 44.6 Å². The topological polar surface area (TPSA) is 153 Å². The van der Waals surface area contributed by atoms with E-state index in [-0.39, 0.29) is 25.4 Å². The second-order valence-electron chi connectivity index (χ2n) is 5.72. The minimum absolute atomic E-state index is 0.0208. The van der Waals surface area contributed by atoms with E-state index in [2.05, 4.69) is 0 Å². The third-order valence-corrected chi connectivity index (χ3v) is 4.07. The van der Waals surface area contributed by atoms with Crippen molar-refractivity contribution in [3.8, 4) is 0 Å². The van der Waals surface area contributed by atoms with Crippen molar-refractivity contribution in [2.45, 2.75) is 19.8 Å². The zero-order valence-corrected chi connectivity index (χ0v) is 13.9. The highest BCUT2D eigenvalue weighted by Gasteiger charge is 2.36. The van der Waals surface area contributed by atoms with Crippen molar-refractivity contribution in [1.82, 2.24) is 0 Å². The molecule has 0 radical (unpaired) electrons. The lowest BCUT2D eigenvalue weighted by molar-refractivity contribution is -0.392. The molecule has 0 aliphatic carbocycles. The van der Waals surface area contributed by atoms with Gasteiger partial charge in [0.25, 0.3) is 0 Å². The van der Waals surface area contributed by atoms with Gasteiger partial charge in [0.1, 0.15) is 0 Å². The smallest absolute Gasteiger partial charge is 0.336 e. The van der Waals surface area contributed by atoms with Crippen molar-refractivity contribution in [1.29, 1.82) is 0 Å². The Bertz CT molecular complexity index is 728. The number of aromatic carboxylic acids is 1. The van der Waals surface area contributed by atoms with E-state index in [9.17, 15) is 29.8 Å². The van der Waals surface area contributed by atoms with Crippen molar-refractivity contribution in [3.05, 3.63) is 37.9 Å². The Labute approximate surface area is 147 Å². The molecule has 1 aliphatic rings. The molecule has 1 heterocycles. The standard InChI is InChI=1S/C15H17N3O8/c1-2-26-15(21)9-4-3-5-16(8-9)13-11(17(22)23)6-10(14(19)20)7-12(13)18(24)25/h6-7,9H,2-5,8H2,1H3,(H,19,20). The molecule has 0 bridgehead atoms. The van der Waals surface area contributed by atoms with Crippen LogP contribution in [-0.4, -0.2) is 46.6 Å². The molecule has 0 spiro atoms. The lowest BCUT2D eigenvalue weighted by Crippen LogP contribution is -2.40. The van der Waals surface area contributed by atoms with E-state index in [0.29, 0.717) is 12.8 Å². The molecule has 1 N–H and O–H groups in total. The zero-order chi connectivity index (χ0) is 19.4. The molecule has 0 aromatic heterocycles. The summed E-state index contributed by atoms with van der Waals surface area (Å²) in [5.74, 6) is -2.54. The van der Waals surface area contributed by atoms with Gasteiger partial charge >= 0.3 is 23.3 Å². The fourth-order valence-electron chi connectivity index (χ4n) is 2.96. The summed E-state index contributed by atoms with van der Waals surface area (Å²) in [5.41, 5.74) is -2.20. The molecule has 1 aliphatic heterocycles. The number of carboxylic acid groups (broad SMARTS) is 1. The average Bonchev–Trinajstić information content (AvgIpc) is 2.60. The molecule has 1 fully saturated rings. The molecular formula is C15H17N3O8. The first-order chi connectivity index (χ1) is 12.3. The number of esters is 1. The van der Waals surface area contributed by atoms with Crippen molar-refractivity contribution < 1.29 is 29.3 Å². The number of carbonyl (C=O) groups is 2. The number of nitrogens with zero attached hydrogens (tertiary/aromatic N) is 3. The van der Waals surface area contributed by atoms with Crippen LogP contribution >= 0.6 is 0 Å². The van der Waals surface area contributed by atoms with Gasteiger partial charge in [-0.2, -0.15) is 0 Å². The molecule has 0 saturated carbocycles. The first-order valence-corrected chi connectivity index (χ1v) is 7.88. The number of carboxylic acids is 1. The van der Waals surface area contributed by atoms with E-state index in [1.165, 1.54) is 4.90 Å². The summed E-state index contributed by atoms with van der Waals surface area (Å²) >= 11 is 0. The number of ether oxygens (including phenoxy) is 1. The maximum Gasteiger partial charge on any atom is 0.336 e. The van der Waals surface area contributed by atoms with Gasteiger partial charge in [0.05, 0.1) is 27.9 Å². The molecule has 140 valence electrons. The lowest BCUT2D eigenvalue weighted by Gasteiger charge is -2.32. The monoisotopic (exact) mass is 367 g/mol. The number of piperidine rings is 1. The average molecular weight is 367 g/mol. The third-order valence-electron chi connectivity index (χ3n) is 4.07. The third kappa shape index (κ3) is 3.87. The quantitative estimate of drug-likeness (QED) is 0.451. The molecule has 1 aromatic rings. The predicted octanol–water partition coefficient (Wildman–Crippen LogP) is 1.98. The minimum Gasteiger partial charge on any atom is -0.478 e. The zero-order valence-electron chi connectivity index (χ0n) is 13.9. The number of benzene rings is 1. The number of nitro benzene ring substituents is 2. The first-order valence-electron chi connectivity index (χ1n) is 7.88. The number of rotatable bonds is 6. The van der Waals surface area contributed by atoms with Gasteiger partial charge in [0.2, 0.25) is 0 Å². The molecule has 26 heavy (non-hydrogen) atoms. The molecule has 0 amide bonds. The molecule has 1 aromatic carbocycles. The molecule has 1 saturated heterocycles. The summed E-state index contributed by atoms with van der Waals surface area (Å²) < 4.78 is 4.96. The maximum absolute atomic E-state index is 12.0. The second kappa shape index (κ2) is 7.76. The Hall–Kier alpha value is -3.24. The minimum atomic E-state index is -1.51. The van der Waals surface area contributed by atoms with Crippen LogP contribution < -0.4 is 4.90 Å². The molecular weight excluding hydrogens is 350 g/mol. The van der Waals surface area contributed by atoms with Gasteiger partial charge in [-0.05, 0) is 19.8 Å². The van der Waals surface area contributed by atoms with Gasteiger partial charge in [-0.15, -0.1) is 0 Å².